The lowest BCUT2D eigenvalue weighted by Gasteiger charge is -2.30. The number of benzene rings is 2. The average molecular weight is 320 g/mol. The van der Waals surface area contributed by atoms with Crippen molar-refractivity contribution >= 4 is 21.6 Å². The number of ether oxygens (including phenoxy) is 2. The van der Waals surface area contributed by atoms with E-state index < -0.39 is 0 Å². The normalized spacial score (nSPS) is 13.7. The standard InChI is InChI=1S/C15H14BrNO2/c1-18-14-5-3-13(4-6-14)17-9-11-8-12(16)2-7-15(11)19-10-17/h2-8H,9-10H2,1H3. The van der Waals surface area contributed by atoms with Crippen LogP contribution in [0.15, 0.2) is 46.9 Å². The Labute approximate surface area is 120 Å². The topological polar surface area (TPSA) is 21.7 Å². The van der Waals surface area contributed by atoms with Gasteiger partial charge in [-0.2, -0.15) is 0 Å². The van der Waals surface area contributed by atoms with Crippen LogP contribution in [0.1, 0.15) is 5.56 Å². The Morgan fingerprint density at radius 3 is 2.68 bits per heavy atom. The Balaban J connectivity index is 1.84. The molecule has 0 N–H and O–H groups in total. The molecule has 1 aliphatic heterocycles. The molecule has 1 heterocycles. The molecule has 3 rings (SSSR count). The van der Waals surface area contributed by atoms with Crippen LogP contribution in [0.2, 0.25) is 0 Å². The summed E-state index contributed by atoms with van der Waals surface area (Å²) < 4.78 is 12.0. The molecule has 0 bridgehead atoms. The van der Waals surface area contributed by atoms with Crippen LogP contribution in [0.3, 0.4) is 0 Å². The Kier molecular flexibility index (Phi) is 3.34. The van der Waals surface area contributed by atoms with Gasteiger partial charge in [0.25, 0.3) is 0 Å². The van der Waals surface area contributed by atoms with E-state index in [4.69, 9.17) is 9.47 Å². The summed E-state index contributed by atoms with van der Waals surface area (Å²) in [6, 6.07) is 14.1. The molecule has 0 aliphatic carbocycles. The van der Waals surface area contributed by atoms with Gasteiger partial charge < -0.3 is 14.4 Å². The lowest BCUT2D eigenvalue weighted by molar-refractivity contribution is 0.289. The van der Waals surface area contributed by atoms with Crippen LogP contribution in [-0.2, 0) is 6.54 Å². The highest BCUT2D eigenvalue weighted by Crippen LogP contribution is 2.31. The van der Waals surface area contributed by atoms with E-state index in [2.05, 4.69) is 26.9 Å². The molecule has 0 saturated carbocycles. The zero-order valence-electron chi connectivity index (χ0n) is 10.6. The molecule has 2 aromatic rings. The quantitative estimate of drug-likeness (QED) is 0.840. The van der Waals surface area contributed by atoms with Gasteiger partial charge in [0.1, 0.15) is 11.5 Å². The van der Waals surface area contributed by atoms with Crippen molar-refractivity contribution in [3.05, 3.63) is 52.5 Å². The number of nitrogens with zero attached hydrogens (tertiary/aromatic N) is 1. The minimum atomic E-state index is 0.570. The molecule has 0 aromatic heterocycles. The summed E-state index contributed by atoms with van der Waals surface area (Å²) in [6.07, 6.45) is 0. The van der Waals surface area contributed by atoms with E-state index in [1.54, 1.807) is 7.11 Å². The molecule has 0 fully saturated rings. The van der Waals surface area contributed by atoms with Gasteiger partial charge in [-0.05, 0) is 42.5 Å². The molecule has 0 radical (unpaired) electrons. The highest BCUT2D eigenvalue weighted by molar-refractivity contribution is 9.10. The fourth-order valence-corrected chi connectivity index (χ4v) is 2.58. The summed E-state index contributed by atoms with van der Waals surface area (Å²) in [5.74, 6) is 1.83. The van der Waals surface area contributed by atoms with Crippen LogP contribution in [-0.4, -0.2) is 13.8 Å². The molecule has 0 spiro atoms. The second-order valence-corrected chi connectivity index (χ2v) is 5.34. The summed E-state index contributed by atoms with van der Waals surface area (Å²) in [4.78, 5) is 2.19. The lowest BCUT2D eigenvalue weighted by atomic mass is 10.1. The van der Waals surface area contributed by atoms with E-state index in [1.165, 1.54) is 5.56 Å². The number of methoxy groups -OCH3 is 1. The Morgan fingerprint density at radius 2 is 1.95 bits per heavy atom. The van der Waals surface area contributed by atoms with Crippen molar-refractivity contribution < 1.29 is 9.47 Å². The fourth-order valence-electron chi connectivity index (χ4n) is 2.17. The fraction of sp³-hybridized carbons (Fsp3) is 0.200. The maximum atomic E-state index is 5.78. The Bertz CT molecular complexity index is 583. The van der Waals surface area contributed by atoms with Crippen LogP contribution >= 0.6 is 15.9 Å². The van der Waals surface area contributed by atoms with Gasteiger partial charge in [0.05, 0.1) is 7.11 Å². The molecule has 2 aromatic carbocycles. The third kappa shape index (κ3) is 2.54. The van der Waals surface area contributed by atoms with E-state index in [-0.39, 0.29) is 0 Å². The zero-order valence-corrected chi connectivity index (χ0v) is 12.2. The van der Waals surface area contributed by atoms with Crippen molar-refractivity contribution in [1.29, 1.82) is 0 Å². The summed E-state index contributed by atoms with van der Waals surface area (Å²) in [6.45, 7) is 1.42. The number of halogens is 1. The molecular formula is C15H14BrNO2. The predicted octanol–water partition coefficient (Wildman–Crippen LogP) is 3.81. The number of anilines is 1. The first-order valence-electron chi connectivity index (χ1n) is 6.06. The summed E-state index contributed by atoms with van der Waals surface area (Å²) in [5, 5.41) is 0. The maximum Gasteiger partial charge on any atom is 0.161 e. The monoisotopic (exact) mass is 319 g/mol. The molecule has 3 nitrogen and oxygen atoms in total. The molecule has 98 valence electrons. The van der Waals surface area contributed by atoms with Crippen molar-refractivity contribution in [2.75, 3.05) is 18.7 Å². The van der Waals surface area contributed by atoms with E-state index in [9.17, 15) is 0 Å². The molecule has 0 atom stereocenters. The minimum absolute atomic E-state index is 0.570. The summed E-state index contributed by atoms with van der Waals surface area (Å²) in [5.41, 5.74) is 2.32. The Morgan fingerprint density at radius 1 is 1.16 bits per heavy atom. The van der Waals surface area contributed by atoms with Gasteiger partial charge in [0.2, 0.25) is 0 Å². The van der Waals surface area contributed by atoms with Gasteiger partial charge in [-0.1, -0.05) is 15.9 Å². The van der Waals surface area contributed by atoms with Crippen LogP contribution in [0.4, 0.5) is 5.69 Å². The van der Waals surface area contributed by atoms with E-state index in [0.717, 1.165) is 28.2 Å². The summed E-state index contributed by atoms with van der Waals surface area (Å²) >= 11 is 3.49. The van der Waals surface area contributed by atoms with Gasteiger partial charge in [0.15, 0.2) is 6.73 Å². The minimum Gasteiger partial charge on any atom is -0.497 e. The zero-order chi connectivity index (χ0) is 13.2. The van der Waals surface area contributed by atoms with E-state index in [0.29, 0.717) is 6.73 Å². The van der Waals surface area contributed by atoms with Gasteiger partial charge in [0, 0.05) is 22.3 Å². The highest BCUT2D eigenvalue weighted by atomic mass is 79.9. The molecule has 0 unspecified atom stereocenters. The molecule has 1 aliphatic rings. The first kappa shape index (κ1) is 12.4. The van der Waals surface area contributed by atoms with Gasteiger partial charge >= 0.3 is 0 Å². The van der Waals surface area contributed by atoms with E-state index >= 15 is 0 Å². The SMILES string of the molecule is COc1ccc(N2COc3ccc(Br)cc3C2)cc1. The van der Waals surface area contributed by atoms with Crippen LogP contribution in [0, 0.1) is 0 Å². The lowest BCUT2D eigenvalue weighted by Crippen LogP contribution is -2.31. The van der Waals surface area contributed by atoms with Gasteiger partial charge in [-0.25, -0.2) is 0 Å². The Hall–Kier alpha value is -1.68. The molecule has 0 amide bonds. The average Bonchev–Trinajstić information content (AvgIpc) is 2.46. The number of hydrogen-bond donors (Lipinski definition) is 0. The number of rotatable bonds is 2. The van der Waals surface area contributed by atoms with Crippen LogP contribution in [0.5, 0.6) is 11.5 Å². The second-order valence-electron chi connectivity index (χ2n) is 4.42. The molecule has 4 heteroatoms. The summed E-state index contributed by atoms with van der Waals surface area (Å²) in [7, 11) is 1.67. The van der Waals surface area contributed by atoms with Crippen LogP contribution < -0.4 is 14.4 Å². The molecule has 0 saturated heterocycles. The largest absolute Gasteiger partial charge is 0.497 e. The van der Waals surface area contributed by atoms with Crippen molar-refractivity contribution in [2.24, 2.45) is 0 Å². The number of hydrogen-bond acceptors (Lipinski definition) is 3. The first-order valence-corrected chi connectivity index (χ1v) is 6.86. The number of fused-ring (bicyclic) bond motifs is 1. The first-order chi connectivity index (χ1) is 9.26. The van der Waals surface area contributed by atoms with Crippen molar-refractivity contribution in [1.82, 2.24) is 0 Å². The highest BCUT2D eigenvalue weighted by Gasteiger charge is 2.17. The third-order valence-electron chi connectivity index (χ3n) is 3.20. The van der Waals surface area contributed by atoms with Crippen molar-refractivity contribution in [2.45, 2.75) is 6.54 Å². The van der Waals surface area contributed by atoms with Crippen molar-refractivity contribution in [3.63, 3.8) is 0 Å². The molecular weight excluding hydrogens is 306 g/mol. The van der Waals surface area contributed by atoms with Crippen LogP contribution in [0.25, 0.3) is 0 Å². The van der Waals surface area contributed by atoms with Crippen molar-refractivity contribution in [3.8, 4) is 11.5 Å². The smallest absolute Gasteiger partial charge is 0.161 e. The van der Waals surface area contributed by atoms with E-state index in [1.807, 2.05) is 36.4 Å². The maximum absolute atomic E-state index is 5.78. The van der Waals surface area contributed by atoms with Gasteiger partial charge in [-0.3, -0.25) is 0 Å². The molecule has 19 heavy (non-hydrogen) atoms. The predicted molar refractivity (Wildman–Crippen MR) is 78.8 cm³/mol. The third-order valence-corrected chi connectivity index (χ3v) is 3.69. The van der Waals surface area contributed by atoms with Gasteiger partial charge in [-0.15, -0.1) is 0 Å². The second kappa shape index (κ2) is 5.13.